The Hall–Kier alpha value is -2.29. The van der Waals surface area contributed by atoms with Crippen molar-refractivity contribution in [3.05, 3.63) is 53.6 Å². The number of aromatic carboxylic acids is 1. The number of ether oxygens (including phenoxy) is 1. The highest BCUT2D eigenvalue weighted by Gasteiger charge is 2.12. The summed E-state index contributed by atoms with van der Waals surface area (Å²) in [5.74, 6) is -0.568. The first-order valence-corrected chi connectivity index (χ1v) is 6.10. The fourth-order valence-corrected chi connectivity index (χ4v) is 1.80. The van der Waals surface area contributed by atoms with E-state index >= 15 is 0 Å². The highest BCUT2D eigenvalue weighted by Crippen LogP contribution is 2.26. The molecule has 0 unspecified atom stereocenters. The third-order valence-electron chi connectivity index (χ3n) is 2.81. The van der Waals surface area contributed by atoms with E-state index in [-0.39, 0.29) is 5.56 Å². The predicted octanol–water partition coefficient (Wildman–Crippen LogP) is 3.88. The topological polar surface area (TPSA) is 46.5 Å². The van der Waals surface area contributed by atoms with Gasteiger partial charge in [-0.2, -0.15) is 0 Å². The van der Waals surface area contributed by atoms with Crippen molar-refractivity contribution in [1.29, 1.82) is 0 Å². The Morgan fingerprint density at radius 1 is 1.21 bits per heavy atom. The van der Waals surface area contributed by atoms with Gasteiger partial charge in [-0.3, -0.25) is 0 Å². The van der Waals surface area contributed by atoms with Gasteiger partial charge in [-0.25, -0.2) is 4.79 Å². The number of carbonyl (C=O) groups is 1. The molecule has 0 saturated heterocycles. The maximum atomic E-state index is 11.3. The third-order valence-corrected chi connectivity index (χ3v) is 2.81. The monoisotopic (exact) mass is 256 g/mol. The van der Waals surface area contributed by atoms with Crippen LogP contribution < -0.4 is 4.74 Å². The molecule has 0 amide bonds. The van der Waals surface area contributed by atoms with Gasteiger partial charge in [0.25, 0.3) is 0 Å². The second-order valence-electron chi connectivity index (χ2n) is 4.59. The van der Waals surface area contributed by atoms with Gasteiger partial charge in [0.2, 0.25) is 0 Å². The van der Waals surface area contributed by atoms with E-state index in [2.05, 4.69) is 0 Å². The van der Waals surface area contributed by atoms with Crippen molar-refractivity contribution >= 4 is 16.7 Å². The molecule has 3 nitrogen and oxygen atoms in total. The van der Waals surface area contributed by atoms with Crippen LogP contribution in [0, 0.1) is 0 Å². The van der Waals surface area contributed by atoms with Crippen LogP contribution in [0.3, 0.4) is 0 Å². The van der Waals surface area contributed by atoms with Crippen LogP contribution in [-0.2, 0) is 0 Å². The molecule has 2 aromatic rings. The Kier molecular flexibility index (Phi) is 3.85. The molecule has 0 aromatic heterocycles. The standard InChI is InChI=1S/C16H16O3/c1-11(2)7-8-19-15-10-13-6-4-3-5-12(13)9-14(15)16(17)18/h3-7,9-10H,8H2,1-2H3,(H,17,18). The zero-order chi connectivity index (χ0) is 13.8. The van der Waals surface area contributed by atoms with Crippen LogP contribution in [0.2, 0.25) is 0 Å². The van der Waals surface area contributed by atoms with Crippen molar-refractivity contribution in [2.75, 3.05) is 6.61 Å². The number of fused-ring (bicyclic) bond motifs is 1. The van der Waals surface area contributed by atoms with Gasteiger partial charge in [-0.05, 0) is 42.8 Å². The number of hydrogen-bond acceptors (Lipinski definition) is 2. The van der Waals surface area contributed by atoms with Crippen LogP contribution in [-0.4, -0.2) is 17.7 Å². The highest BCUT2D eigenvalue weighted by molar-refractivity contribution is 5.97. The molecule has 0 spiro atoms. The fraction of sp³-hybridized carbons (Fsp3) is 0.188. The lowest BCUT2D eigenvalue weighted by molar-refractivity contribution is 0.0693. The Labute approximate surface area is 112 Å². The normalized spacial score (nSPS) is 10.2. The Morgan fingerprint density at radius 2 is 1.84 bits per heavy atom. The molecule has 0 fully saturated rings. The molecule has 0 bridgehead atoms. The molecule has 19 heavy (non-hydrogen) atoms. The number of carboxylic acids is 1. The summed E-state index contributed by atoms with van der Waals surface area (Å²) < 4.78 is 5.56. The molecule has 2 rings (SSSR count). The molecular formula is C16H16O3. The lowest BCUT2D eigenvalue weighted by Gasteiger charge is -2.09. The van der Waals surface area contributed by atoms with Crippen molar-refractivity contribution < 1.29 is 14.6 Å². The quantitative estimate of drug-likeness (QED) is 0.844. The zero-order valence-corrected chi connectivity index (χ0v) is 11.0. The van der Waals surface area contributed by atoms with E-state index in [1.165, 1.54) is 0 Å². The summed E-state index contributed by atoms with van der Waals surface area (Å²) in [5, 5.41) is 11.1. The molecule has 1 N–H and O–H groups in total. The largest absolute Gasteiger partial charge is 0.489 e. The third kappa shape index (κ3) is 3.13. The fourth-order valence-electron chi connectivity index (χ4n) is 1.80. The molecule has 0 aliphatic rings. The number of benzene rings is 2. The summed E-state index contributed by atoms with van der Waals surface area (Å²) >= 11 is 0. The predicted molar refractivity (Wildman–Crippen MR) is 75.8 cm³/mol. The highest BCUT2D eigenvalue weighted by atomic mass is 16.5. The van der Waals surface area contributed by atoms with Crippen LogP contribution in [0.4, 0.5) is 0 Å². The molecule has 0 heterocycles. The summed E-state index contributed by atoms with van der Waals surface area (Å²) in [6.07, 6.45) is 1.92. The smallest absolute Gasteiger partial charge is 0.339 e. The van der Waals surface area contributed by atoms with Gasteiger partial charge in [0.15, 0.2) is 0 Å². The van der Waals surface area contributed by atoms with E-state index in [9.17, 15) is 9.90 Å². The van der Waals surface area contributed by atoms with Crippen LogP contribution in [0.5, 0.6) is 5.75 Å². The molecule has 0 radical (unpaired) electrons. The van der Waals surface area contributed by atoms with Crippen molar-refractivity contribution in [3.63, 3.8) is 0 Å². The first-order chi connectivity index (χ1) is 9.08. The number of hydrogen-bond donors (Lipinski definition) is 1. The van der Waals surface area contributed by atoms with Crippen molar-refractivity contribution in [3.8, 4) is 5.75 Å². The molecule has 98 valence electrons. The van der Waals surface area contributed by atoms with E-state index in [0.29, 0.717) is 12.4 Å². The molecule has 2 aromatic carbocycles. The van der Waals surface area contributed by atoms with E-state index in [0.717, 1.165) is 16.3 Å². The summed E-state index contributed by atoms with van der Waals surface area (Å²) in [5.41, 5.74) is 1.33. The van der Waals surface area contributed by atoms with Crippen LogP contribution in [0.1, 0.15) is 24.2 Å². The van der Waals surface area contributed by atoms with Gasteiger partial charge < -0.3 is 9.84 Å². The van der Waals surface area contributed by atoms with Gasteiger partial charge in [0.1, 0.15) is 17.9 Å². The molecule has 0 aliphatic carbocycles. The molecule has 0 atom stereocenters. The molecular weight excluding hydrogens is 240 g/mol. The second kappa shape index (κ2) is 5.57. The van der Waals surface area contributed by atoms with Gasteiger partial charge >= 0.3 is 5.97 Å². The maximum absolute atomic E-state index is 11.3. The molecule has 3 heteroatoms. The van der Waals surface area contributed by atoms with E-state index < -0.39 is 5.97 Å². The minimum absolute atomic E-state index is 0.195. The van der Waals surface area contributed by atoms with Crippen LogP contribution >= 0.6 is 0 Å². The summed E-state index contributed by atoms with van der Waals surface area (Å²) in [6.45, 7) is 4.32. The maximum Gasteiger partial charge on any atom is 0.339 e. The Balaban J connectivity index is 2.42. The lowest BCUT2D eigenvalue weighted by Crippen LogP contribution is -2.03. The summed E-state index contributed by atoms with van der Waals surface area (Å²) in [7, 11) is 0. The van der Waals surface area contributed by atoms with Crippen molar-refractivity contribution in [2.24, 2.45) is 0 Å². The Bertz CT molecular complexity index is 637. The van der Waals surface area contributed by atoms with E-state index in [1.54, 1.807) is 12.1 Å². The van der Waals surface area contributed by atoms with Gasteiger partial charge in [0.05, 0.1) is 0 Å². The van der Waals surface area contributed by atoms with Crippen molar-refractivity contribution in [2.45, 2.75) is 13.8 Å². The van der Waals surface area contributed by atoms with Gasteiger partial charge in [-0.15, -0.1) is 0 Å². The zero-order valence-electron chi connectivity index (χ0n) is 11.0. The van der Waals surface area contributed by atoms with Crippen LogP contribution in [0.25, 0.3) is 10.8 Å². The van der Waals surface area contributed by atoms with Crippen molar-refractivity contribution in [1.82, 2.24) is 0 Å². The minimum atomic E-state index is -0.974. The van der Waals surface area contributed by atoms with Gasteiger partial charge in [0, 0.05) is 0 Å². The number of rotatable bonds is 4. The average Bonchev–Trinajstić information content (AvgIpc) is 2.37. The first kappa shape index (κ1) is 13.1. The van der Waals surface area contributed by atoms with E-state index in [4.69, 9.17) is 4.74 Å². The molecule has 0 saturated carbocycles. The number of allylic oxidation sites excluding steroid dienone is 1. The lowest BCUT2D eigenvalue weighted by atomic mass is 10.1. The average molecular weight is 256 g/mol. The summed E-state index contributed by atoms with van der Waals surface area (Å²) in [4.78, 5) is 11.3. The second-order valence-corrected chi connectivity index (χ2v) is 4.59. The van der Waals surface area contributed by atoms with E-state index in [1.807, 2.05) is 44.2 Å². The summed E-state index contributed by atoms with van der Waals surface area (Å²) in [6, 6.07) is 11.1. The SMILES string of the molecule is CC(C)=CCOc1cc2ccccc2cc1C(=O)O. The Morgan fingerprint density at radius 3 is 2.42 bits per heavy atom. The number of carboxylic acid groups (broad SMARTS) is 1. The first-order valence-electron chi connectivity index (χ1n) is 6.10. The molecule has 0 aliphatic heterocycles. The van der Waals surface area contributed by atoms with Crippen LogP contribution in [0.15, 0.2) is 48.0 Å². The van der Waals surface area contributed by atoms with Gasteiger partial charge in [-0.1, -0.05) is 29.8 Å². The minimum Gasteiger partial charge on any atom is -0.489 e.